The molecule has 1 aliphatic rings. The highest BCUT2D eigenvalue weighted by Crippen LogP contribution is 2.26. The minimum atomic E-state index is -5.08. The molecule has 4 aromatic rings. The molecule has 3 N–H and O–H groups in total. The number of nitrogens with one attached hydrogen (secondary N) is 1. The second-order valence-corrected chi connectivity index (χ2v) is 9.56. The van der Waals surface area contributed by atoms with Gasteiger partial charge in [0.1, 0.15) is 5.82 Å². The number of alkyl halides is 6. The van der Waals surface area contributed by atoms with Gasteiger partial charge >= 0.3 is 18.8 Å². The predicted octanol–water partition coefficient (Wildman–Crippen LogP) is 6.32. The average Bonchev–Trinajstić information content (AvgIpc) is 3.39. The van der Waals surface area contributed by atoms with Gasteiger partial charge in [-0.05, 0) is 66.3 Å². The number of aromatic nitrogens is 3. The fourth-order valence-electron chi connectivity index (χ4n) is 4.35. The molecule has 0 fully saturated rings. The molecule has 0 aliphatic carbocycles. The van der Waals surface area contributed by atoms with Gasteiger partial charge in [-0.3, -0.25) is 9.59 Å². The van der Waals surface area contributed by atoms with E-state index in [1.165, 1.54) is 22.3 Å². The third-order valence-corrected chi connectivity index (χ3v) is 6.38. The molecule has 0 unspecified atom stereocenters. The summed E-state index contributed by atoms with van der Waals surface area (Å²) < 4.78 is 62.5. The van der Waals surface area contributed by atoms with Crippen molar-refractivity contribution in [1.29, 1.82) is 0 Å². The first kappa shape index (κ1) is 37.0. The number of halogens is 6. The van der Waals surface area contributed by atoms with E-state index < -0.39 is 18.8 Å². The topological polar surface area (TPSA) is 137 Å². The number of rotatable bonds is 5. The summed E-state index contributed by atoms with van der Waals surface area (Å²) in [5, 5.41) is 21.7. The van der Waals surface area contributed by atoms with Crippen LogP contribution in [-0.2, 0) is 29.0 Å². The Balaban J connectivity index is 0.000000445. The van der Waals surface area contributed by atoms with Crippen molar-refractivity contribution < 1.29 is 50.9 Å². The second-order valence-electron chi connectivity index (χ2n) is 9.56. The molecule has 1 amide bonds. The van der Waals surface area contributed by atoms with Crippen LogP contribution in [0.2, 0.25) is 0 Å². The Morgan fingerprint density at radius 3 is 2.24 bits per heavy atom. The van der Waals surface area contributed by atoms with Crippen molar-refractivity contribution in [2.24, 2.45) is 0 Å². The first-order valence-electron chi connectivity index (χ1n) is 13.6. The van der Waals surface area contributed by atoms with Crippen molar-refractivity contribution in [1.82, 2.24) is 14.6 Å². The normalized spacial score (nSPS) is 12.0. The Morgan fingerprint density at radius 1 is 1.07 bits per heavy atom. The fraction of sp³-hybridized carbons (Fsp3) is 0.300. The highest BCUT2D eigenvalue weighted by atomic mass is 19.4. The molecule has 0 bridgehead atoms. The molecule has 3 heterocycles. The minimum absolute atomic E-state index is 0.167. The maximum Gasteiger partial charge on any atom is 0.490 e. The van der Waals surface area contributed by atoms with Crippen LogP contribution >= 0.6 is 0 Å². The molecule has 5 rings (SSSR count). The van der Waals surface area contributed by atoms with E-state index >= 15 is 0 Å². The van der Waals surface area contributed by atoms with Crippen LogP contribution in [0.3, 0.4) is 0 Å². The summed E-state index contributed by atoms with van der Waals surface area (Å²) in [4.78, 5) is 36.7. The zero-order chi connectivity index (χ0) is 34.4. The van der Waals surface area contributed by atoms with E-state index in [0.29, 0.717) is 17.0 Å². The molecule has 0 atom stereocenters. The van der Waals surface area contributed by atoms with E-state index in [2.05, 4.69) is 47.2 Å². The first-order chi connectivity index (χ1) is 21.7. The number of amides is 1. The lowest BCUT2D eigenvalue weighted by Gasteiger charge is -2.30. The summed E-state index contributed by atoms with van der Waals surface area (Å²) in [5.41, 5.74) is 6.71. The standard InChI is InChI=1S/C26H27N5O.C2HF3O2.CHF3.CH2O2/c1-3-5-19-8-10-21(11-9-19)26(32)28-23-17-31-24(27-23)12-13-25(29-31)30-15-14-20-7-4-6-18(2)22(20)16-30;3-2(4,5)1(6)7;2-1(3)4;2-1-3/h4,6-13,17H,3,5,14-16H2,1-2H3,(H,28,32);(H,6,7);1H;1H,(H,2,3). The number of fused-ring (bicyclic) bond motifs is 2. The van der Waals surface area contributed by atoms with E-state index in [9.17, 15) is 31.1 Å². The predicted molar refractivity (Wildman–Crippen MR) is 157 cm³/mol. The molecule has 2 aromatic carbocycles. The summed E-state index contributed by atoms with van der Waals surface area (Å²) in [5.74, 6) is -1.52. The first-order valence-corrected chi connectivity index (χ1v) is 13.6. The molecule has 2 aromatic heterocycles. The number of carboxylic acids is 1. The van der Waals surface area contributed by atoms with Crippen molar-refractivity contribution in [3.63, 3.8) is 0 Å². The molecule has 46 heavy (non-hydrogen) atoms. The number of aliphatic carboxylic acids is 1. The van der Waals surface area contributed by atoms with E-state index in [4.69, 9.17) is 24.9 Å². The lowest BCUT2D eigenvalue weighted by Crippen LogP contribution is -2.31. The van der Waals surface area contributed by atoms with E-state index in [-0.39, 0.29) is 12.4 Å². The summed E-state index contributed by atoms with van der Waals surface area (Å²) in [6, 6.07) is 18.2. The lowest BCUT2D eigenvalue weighted by atomic mass is 9.96. The largest absolute Gasteiger partial charge is 0.490 e. The van der Waals surface area contributed by atoms with Crippen LogP contribution in [0.4, 0.5) is 38.0 Å². The number of hydrogen-bond donors (Lipinski definition) is 3. The molecule has 16 heteroatoms. The number of carbonyl (C=O) groups is 3. The maximum atomic E-state index is 12.6. The zero-order valence-corrected chi connectivity index (χ0v) is 24.6. The van der Waals surface area contributed by atoms with Gasteiger partial charge in [-0.1, -0.05) is 43.7 Å². The monoisotopic (exact) mass is 655 g/mol. The van der Waals surface area contributed by atoms with Crippen LogP contribution in [0, 0.1) is 6.92 Å². The maximum absolute atomic E-state index is 12.6. The molecular weight excluding hydrogens is 624 g/mol. The van der Waals surface area contributed by atoms with Crippen LogP contribution < -0.4 is 10.2 Å². The Kier molecular flexibility index (Phi) is 14.0. The average molecular weight is 656 g/mol. The van der Waals surface area contributed by atoms with Crippen molar-refractivity contribution in [3.05, 3.63) is 88.6 Å². The van der Waals surface area contributed by atoms with Gasteiger partial charge in [-0.15, -0.1) is 5.10 Å². The summed E-state index contributed by atoms with van der Waals surface area (Å²) in [7, 11) is 0. The van der Waals surface area contributed by atoms with Gasteiger partial charge in [0, 0.05) is 18.7 Å². The van der Waals surface area contributed by atoms with Gasteiger partial charge in [0.05, 0.1) is 6.20 Å². The van der Waals surface area contributed by atoms with Crippen LogP contribution in [0.5, 0.6) is 0 Å². The number of imidazole rings is 1. The molecule has 1 aliphatic heterocycles. The van der Waals surface area contributed by atoms with Crippen molar-refractivity contribution in [2.45, 2.75) is 52.5 Å². The number of hydrogen-bond acceptors (Lipinski definition) is 6. The van der Waals surface area contributed by atoms with E-state index in [0.717, 1.165) is 38.2 Å². The summed E-state index contributed by atoms with van der Waals surface area (Å²) >= 11 is 0. The van der Waals surface area contributed by atoms with Crippen molar-refractivity contribution >= 4 is 35.6 Å². The number of nitrogens with zero attached hydrogens (tertiary/aromatic N) is 4. The van der Waals surface area contributed by atoms with E-state index in [1.54, 1.807) is 10.7 Å². The molecule has 0 saturated carbocycles. The summed E-state index contributed by atoms with van der Waals surface area (Å²) in [6.45, 7) is 2.18. The zero-order valence-electron chi connectivity index (χ0n) is 24.6. The quantitative estimate of drug-likeness (QED) is 0.168. The second kappa shape index (κ2) is 17.4. The van der Waals surface area contributed by atoms with Crippen LogP contribution in [0.25, 0.3) is 5.65 Å². The number of carbonyl (C=O) groups excluding carboxylic acids is 1. The van der Waals surface area contributed by atoms with Crippen molar-refractivity contribution in [3.8, 4) is 0 Å². The van der Waals surface area contributed by atoms with Crippen LogP contribution in [0.15, 0.2) is 60.8 Å². The highest BCUT2D eigenvalue weighted by molar-refractivity contribution is 6.03. The minimum Gasteiger partial charge on any atom is -0.483 e. The third-order valence-electron chi connectivity index (χ3n) is 6.38. The van der Waals surface area contributed by atoms with Crippen LogP contribution in [-0.4, -0.2) is 62.6 Å². The van der Waals surface area contributed by atoms with Gasteiger partial charge in [0.25, 0.3) is 12.4 Å². The van der Waals surface area contributed by atoms with E-state index in [1.807, 2.05) is 36.4 Å². The van der Waals surface area contributed by atoms with Gasteiger partial charge in [-0.2, -0.15) is 26.3 Å². The van der Waals surface area contributed by atoms with Crippen molar-refractivity contribution in [2.75, 3.05) is 16.8 Å². The summed E-state index contributed by atoms with van der Waals surface area (Å²) in [6.07, 6.45) is -0.194. The molecule has 0 saturated heterocycles. The lowest BCUT2D eigenvalue weighted by molar-refractivity contribution is -0.192. The molecule has 0 spiro atoms. The SMILES string of the molecule is CCCc1ccc(C(=O)Nc2cn3nc(N4CCc5cccc(C)c5C4)ccc3n2)cc1.FC(F)F.O=C(O)C(F)(F)F.O=CO. The molecule has 10 nitrogen and oxygen atoms in total. The van der Waals surface area contributed by atoms with Gasteiger partial charge in [0.2, 0.25) is 0 Å². The van der Waals surface area contributed by atoms with Crippen LogP contribution in [0.1, 0.15) is 46.0 Å². The Labute approximate surface area is 259 Å². The number of aryl methyl sites for hydroxylation is 2. The Morgan fingerprint density at radius 2 is 1.67 bits per heavy atom. The Hall–Kier alpha value is -5.15. The number of benzene rings is 2. The molecule has 0 radical (unpaired) electrons. The Bertz CT molecular complexity index is 1590. The fourth-order valence-corrected chi connectivity index (χ4v) is 4.35. The number of anilines is 2. The molecular formula is C30H31F6N5O5. The third kappa shape index (κ3) is 11.4. The number of carboxylic acid groups (broad SMARTS) is 2. The van der Waals surface area contributed by atoms with Gasteiger partial charge in [0.15, 0.2) is 11.5 Å². The van der Waals surface area contributed by atoms with Gasteiger partial charge in [-0.25, -0.2) is 14.3 Å². The smallest absolute Gasteiger partial charge is 0.483 e. The molecule has 248 valence electrons. The van der Waals surface area contributed by atoms with Gasteiger partial charge < -0.3 is 20.4 Å². The highest BCUT2D eigenvalue weighted by Gasteiger charge is 2.38.